The van der Waals surface area contributed by atoms with Gasteiger partial charge in [-0.3, -0.25) is 19.6 Å². The van der Waals surface area contributed by atoms with Crippen LogP contribution in [0.5, 0.6) is 0 Å². The molecule has 2 bridgehead atoms. The van der Waals surface area contributed by atoms with Gasteiger partial charge in [-0.25, -0.2) is 9.50 Å². The molecule has 42 heavy (non-hydrogen) atoms. The molecule has 3 saturated heterocycles. The van der Waals surface area contributed by atoms with Crippen molar-refractivity contribution in [2.75, 3.05) is 24.5 Å². The summed E-state index contributed by atoms with van der Waals surface area (Å²) in [6.45, 7) is 7.07. The van der Waals surface area contributed by atoms with Gasteiger partial charge < -0.3 is 4.90 Å². The van der Waals surface area contributed by atoms with Crippen LogP contribution in [0.15, 0.2) is 78.6 Å². The lowest BCUT2D eigenvalue weighted by molar-refractivity contribution is 0.0107. The Bertz CT molecular complexity index is 1810. The van der Waals surface area contributed by atoms with E-state index in [2.05, 4.69) is 73.0 Å². The van der Waals surface area contributed by atoms with Crippen molar-refractivity contribution in [2.24, 2.45) is 12.0 Å². The Morgan fingerprint density at radius 1 is 1.00 bits per heavy atom. The summed E-state index contributed by atoms with van der Waals surface area (Å²) in [7, 11) is 1.92. The van der Waals surface area contributed by atoms with Crippen molar-refractivity contribution in [3.05, 3.63) is 90.4 Å². The molecule has 3 fully saturated rings. The largest absolute Gasteiger partial charge is 0.353 e. The average Bonchev–Trinajstić information content (AvgIpc) is 3.65. The molecule has 0 radical (unpaired) electrons. The van der Waals surface area contributed by atoms with Crippen LogP contribution in [0, 0.1) is 12.3 Å². The average molecular weight is 554 g/mol. The lowest BCUT2D eigenvalue weighted by Crippen LogP contribution is -2.68. The van der Waals surface area contributed by atoms with Gasteiger partial charge in [-0.2, -0.15) is 10.2 Å². The van der Waals surface area contributed by atoms with Gasteiger partial charge in [0.15, 0.2) is 0 Å². The van der Waals surface area contributed by atoms with Crippen LogP contribution in [0.3, 0.4) is 0 Å². The summed E-state index contributed by atoms with van der Waals surface area (Å²) in [6, 6.07) is 11.5. The van der Waals surface area contributed by atoms with Crippen LogP contribution in [-0.4, -0.2) is 72.7 Å². The number of nitrogens with zero attached hydrogens (tertiary/aromatic N) is 9. The minimum atomic E-state index is 0.505. The van der Waals surface area contributed by atoms with Gasteiger partial charge >= 0.3 is 0 Å². The molecule has 0 amide bonds. The molecule has 3 aliphatic rings. The summed E-state index contributed by atoms with van der Waals surface area (Å²) in [5.74, 6) is 3.62. The smallest absolute Gasteiger partial charge is 0.128 e. The lowest BCUT2D eigenvalue weighted by Gasteiger charge is -2.56. The predicted octanol–water partition coefficient (Wildman–Crippen LogP) is 4.35. The number of anilines is 1. The molecule has 5 aromatic rings. The van der Waals surface area contributed by atoms with Crippen molar-refractivity contribution in [3.8, 4) is 34.6 Å². The maximum Gasteiger partial charge on any atom is 0.128 e. The number of piperazine rings is 1. The van der Waals surface area contributed by atoms with Crippen molar-refractivity contribution in [1.29, 1.82) is 0 Å². The van der Waals surface area contributed by atoms with E-state index in [9.17, 15) is 0 Å². The molecule has 0 aromatic carbocycles. The highest BCUT2D eigenvalue weighted by atomic mass is 15.4. The van der Waals surface area contributed by atoms with Gasteiger partial charge in [-0.15, -0.1) is 6.42 Å². The fraction of sp³-hybridized carbons (Fsp3) is 0.242. The zero-order valence-electron chi connectivity index (χ0n) is 23.5. The van der Waals surface area contributed by atoms with Crippen molar-refractivity contribution in [1.82, 2.24) is 34.3 Å². The van der Waals surface area contributed by atoms with Gasteiger partial charge in [0.2, 0.25) is 0 Å². The Balaban J connectivity index is 1.08. The van der Waals surface area contributed by atoms with E-state index in [1.165, 1.54) is 6.42 Å². The molecular formula is C33H31N9. The van der Waals surface area contributed by atoms with Gasteiger partial charge in [0.05, 0.1) is 30.1 Å². The van der Waals surface area contributed by atoms with Crippen molar-refractivity contribution >= 4 is 24.1 Å². The first-order chi connectivity index (χ1) is 20.6. The number of aromatic nitrogens is 6. The molecule has 2 unspecified atom stereocenters. The van der Waals surface area contributed by atoms with E-state index in [-0.39, 0.29) is 0 Å². The molecule has 3 aliphatic heterocycles. The quantitative estimate of drug-likeness (QED) is 0.210. The second-order valence-corrected chi connectivity index (χ2v) is 11.0. The zero-order valence-corrected chi connectivity index (χ0v) is 23.5. The van der Waals surface area contributed by atoms with Crippen molar-refractivity contribution in [3.63, 3.8) is 0 Å². The van der Waals surface area contributed by atoms with Crippen molar-refractivity contribution in [2.45, 2.75) is 25.0 Å². The molecule has 0 N–H and O–H groups in total. The SMILES string of the molecule is C#Cc1ccc(/C=C/CN2C3CC2CN(c2ccc(-c4cc(-c5cnn(C)c5)cn5ncc(CN=C)c45)cn2)C3)nc1. The van der Waals surface area contributed by atoms with E-state index in [1.54, 1.807) is 6.20 Å². The minimum Gasteiger partial charge on any atom is -0.353 e. The summed E-state index contributed by atoms with van der Waals surface area (Å²) in [5.41, 5.74) is 7.97. The third-order valence-corrected chi connectivity index (χ3v) is 8.29. The normalized spacial score (nSPS) is 18.3. The number of piperidine rings is 1. The Hall–Kier alpha value is -5.07. The van der Waals surface area contributed by atoms with Gasteiger partial charge in [0.1, 0.15) is 5.82 Å². The summed E-state index contributed by atoms with van der Waals surface area (Å²) >= 11 is 0. The summed E-state index contributed by atoms with van der Waals surface area (Å²) < 4.78 is 3.73. The highest BCUT2D eigenvalue weighted by molar-refractivity contribution is 5.86. The summed E-state index contributed by atoms with van der Waals surface area (Å²) in [6.07, 6.45) is 22.4. The van der Waals surface area contributed by atoms with Crippen LogP contribution in [-0.2, 0) is 13.6 Å². The van der Waals surface area contributed by atoms with Crippen LogP contribution in [0.2, 0.25) is 0 Å². The fourth-order valence-corrected chi connectivity index (χ4v) is 6.16. The molecule has 0 spiro atoms. The molecule has 2 atom stereocenters. The maximum atomic E-state index is 5.43. The number of fused-ring (bicyclic) bond motifs is 3. The maximum absolute atomic E-state index is 5.43. The molecule has 208 valence electrons. The number of aryl methyl sites for hydroxylation is 1. The predicted molar refractivity (Wildman–Crippen MR) is 166 cm³/mol. The van der Waals surface area contributed by atoms with E-state index < -0.39 is 0 Å². The van der Waals surface area contributed by atoms with Crippen LogP contribution < -0.4 is 4.90 Å². The van der Waals surface area contributed by atoms with E-state index >= 15 is 0 Å². The van der Waals surface area contributed by atoms with E-state index in [1.807, 2.05) is 59.4 Å². The molecule has 5 aromatic heterocycles. The topological polar surface area (TPSA) is 79.7 Å². The minimum absolute atomic E-state index is 0.505. The van der Waals surface area contributed by atoms with E-state index in [0.717, 1.165) is 70.0 Å². The van der Waals surface area contributed by atoms with Crippen molar-refractivity contribution < 1.29 is 0 Å². The first kappa shape index (κ1) is 25.9. The fourth-order valence-electron chi connectivity index (χ4n) is 6.16. The van der Waals surface area contributed by atoms with Gasteiger partial charge in [0, 0.05) is 96.9 Å². The third-order valence-electron chi connectivity index (χ3n) is 8.29. The summed E-state index contributed by atoms with van der Waals surface area (Å²) in [5, 5.41) is 8.98. The first-order valence-electron chi connectivity index (χ1n) is 14.1. The molecule has 0 saturated carbocycles. The van der Waals surface area contributed by atoms with Crippen LogP contribution >= 0.6 is 0 Å². The number of terminal acetylenes is 1. The zero-order chi connectivity index (χ0) is 28.6. The molecular weight excluding hydrogens is 522 g/mol. The lowest BCUT2D eigenvalue weighted by atomic mass is 9.87. The van der Waals surface area contributed by atoms with Gasteiger partial charge in [-0.1, -0.05) is 12.0 Å². The second kappa shape index (κ2) is 10.7. The Morgan fingerprint density at radius 2 is 1.88 bits per heavy atom. The van der Waals surface area contributed by atoms with Gasteiger partial charge in [-0.05, 0) is 49.5 Å². The number of hydrogen-bond acceptors (Lipinski definition) is 7. The standard InChI is InChI=1S/C33H31N9/c1-4-23-7-9-28(35-14-23)6-5-11-41-29-13-30(41)22-40(21-29)32-10-8-24(16-36-32)31-12-25(27-18-37-39(3)19-27)20-42-33(31)26(15-34-2)17-38-42/h1,5-10,12,14,16-20,29-30H,2,11,13,15,21-22H2,3H3/b6-5+. The second-order valence-electron chi connectivity index (χ2n) is 11.0. The molecule has 8 rings (SSSR count). The van der Waals surface area contributed by atoms with E-state index in [4.69, 9.17) is 11.4 Å². The first-order valence-corrected chi connectivity index (χ1v) is 14.1. The molecule has 0 aliphatic carbocycles. The Kier molecular flexibility index (Phi) is 6.61. The number of aliphatic imine (C=N–C) groups is 1. The molecule has 9 nitrogen and oxygen atoms in total. The number of hydrogen-bond donors (Lipinski definition) is 0. The number of pyridine rings is 3. The van der Waals surface area contributed by atoms with Gasteiger partial charge in [0.25, 0.3) is 0 Å². The van der Waals surface area contributed by atoms with E-state index in [0.29, 0.717) is 18.6 Å². The Labute approximate surface area is 244 Å². The molecule has 9 heteroatoms. The van der Waals surface area contributed by atoms with Crippen LogP contribution in [0.4, 0.5) is 5.82 Å². The number of rotatable bonds is 8. The highest BCUT2D eigenvalue weighted by Gasteiger charge is 2.44. The van der Waals surface area contributed by atoms with Crippen LogP contribution in [0.25, 0.3) is 33.8 Å². The third kappa shape index (κ3) is 4.76. The Morgan fingerprint density at radius 3 is 2.57 bits per heavy atom. The van der Waals surface area contributed by atoms with Crippen LogP contribution in [0.1, 0.15) is 23.2 Å². The summed E-state index contributed by atoms with van der Waals surface area (Å²) in [4.78, 5) is 18.5. The highest BCUT2D eigenvalue weighted by Crippen LogP contribution is 2.36. The molecule has 8 heterocycles. The monoisotopic (exact) mass is 553 g/mol.